The number of hydrogen-bond acceptors (Lipinski definition) is 7. The highest BCUT2D eigenvalue weighted by Gasteiger charge is 2.67. The highest BCUT2D eigenvalue weighted by Crippen LogP contribution is 2.54. The van der Waals surface area contributed by atoms with E-state index in [1.54, 1.807) is 25.3 Å². The van der Waals surface area contributed by atoms with Gasteiger partial charge in [-0.3, -0.25) is 9.59 Å². The molecule has 3 aliphatic rings. The molecule has 5 rings (SSSR count). The fraction of sp³-hybridized carbons (Fsp3) is 0.417. The monoisotopic (exact) mass is 493 g/mol. The molecule has 0 fully saturated rings. The number of benzene rings is 1. The van der Waals surface area contributed by atoms with Crippen LogP contribution in [0.1, 0.15) is 47.8 Å². The van der Waals surface area contributed by atoms with Crippen molar-refractivity contribution in [3.8, 4) is 11.5 Å². The van der Waals surface area contributed by atoms with Crippen molar-refractivity contribution in [3.05, 3.63) is 57.4 Å². The summed E-state index contributed by atoms with van der Waals surface area (Å²) in [6, 6.07) is 7.51. The quantitative estimate of drug-likeness (QED) is 0.610. The molecule has 2 N–H and O–H groups in total. The van der Waals surface area contributed by atoms with E-state index in [0.29, 0.717) is 11.5 Å². The number of ketones is 2. The summed E-state index contributed by atoms with van der Waals surface area (Å²) in [5.41, 5.74) is -3.81. The van der Waals surface area contributed by atoms with Crippen LogP contribution in [-0.2, 0) is 4.79 Å². The molecule has 3 unspecified atom stereocenters. The first-order chi connectivity index (χ1) is 15.9. The standard InChI is InChI=1S/C24H22F3NO5S/c1-22(2)9-13-19(14(29)10-22)18(12-5-6-15-16(8-12)33-11-32-15)20(21(30)17-4-3-7-34-17)23(31,28-13)24(25,26)27/h3-8,18,20,28,31H,9-11H2,1-2H3. The van der Waals surface area contributed by atoms with Crippen LogP contribution in [0.2, 0.25) is 0 Å². The number of fused-ring (bicyclic) bond motifs is 1. The number of thiophene rings is 1. The van der Waals surface area contributed by atoms with Gasteiger partial charge in [0, 0.05) is 23.6 Å². The highest BCUT2D eigenvalue weighted by molar-refractivity contribution is 7.12. The Hall–Kier alpha value is -2.85. The molecule has 1 aliphatic carbocycles. The lowest BCUT2D eigenvalue weighted by atomic mass is 9.63. The minimum atomic E-state index is -5.21. The molecular weight excluding hydrogens is 471 g/mol. The number of allylic oxidation sites excluding steroid dienone is 2. The Kier molecular flexibility index (Phi) is 5.11. The van der Waals surface area contributed by atoms with E-state index in [0.717, 1.165) is 11.3 Å². The van der Waals surface area contributed by atoms with Gasteiger partial charge in [-0.15, -0.1) is 11.3 Å². The Morgan fingerprint density at radius 3 is 2.59 bits per heavy atom. The lowest BCUT2D eigenvalue weighted by molar-refractivity contribution is -0.287. The molecule has 3 atom stereocenters. The Balaban J connectivity index is 1.77. The lowest BCUT2D eigenvalue weighted by Gasteiger charge is -2.49. The van der Waals surface area contributed by atoms with E-state index in [4.69, 9.17) is 9.47 Å². The van der Waals surface area contributed by atoms with E-state index in [9.17, 15) is 27.9 Å². The van der Waals surface area contributed by atoms with Crippen molar-refractivity contribution < 1.29 is 37.3 Å². The zero-order valence-corrected chi connectivity index (χ0v) is 19.2. The van der Waals surface area contributed by atoms with Crippen LogP contribution in [0.3, 0.4) is 0 Å². The van der Waals surface area contributed by atoms with Gasteiger partial charge in [-0.1, -0.05) is 26.0 Å². The van der Waals surface area contributed by atoms with Crippen LogP contribution in [0.4, 0.5) is 13.2 Å². The number of ether oxygens (including phenoxy) is 2. The van der Waals surface area contributed by atoms with E-state index in [1.807, 2.05) is 0 Å². The van der Waals surface area contributed by atoms with Crippen LogP contribution < -0.4 is 14.8 Å². The number of aliphatic hydroxyl groups is 1. The van der Waals surface area contributed by atoms with Crippen LogP contribution >= 0.6 is 11.3 Å². The summed E-state index contributed by atoms with van der Waals surface area (Å²) >= 11 is 0.982. The second-order valence-electron chi connectivity index (χ2n) is 9.63. The smallest absolute Gasteiger partial charge is 0.437 e. The van der Waals surface area contributed by atoms with Gasteiger partial charge in [-0.05, 0) is 41.0 Å². The van der Waals surface area contributed by atoms with Crippen molar-refractivity contribution in [3.63, 3.8) is 0 Å². The van der Waals surface area contributed by atoms with E-state index in [1.165, 1.54) is 24.3 Å². The fourth-order valence-electron chi connectivity index (χ4n) is 5.15. The summed E-state index contributed by atoms with van der Waals surface area (Å²) in [7, 11) is 0. The molecule has 1 aromatic carbocycles. The molecule has 0 radical (unpaired) electrons. The average molecular weight is 494 g/mol. The first-order valence-electron chi connectivity index (χ1n) is 10.7. The molecule has 2 aliphatic heterocycles. The van der Waals surface area contributed by atoms with Crippen molar-refractivity contribution in [2.45, 2.75) is 44.5 Å². The lowest BCUT2D eigenvalue weighted by Crippen LogP contribution is -2.67. The van der Waals surface area contributed by atoms with Crippen LogP contribution in [-0.4, -0.2) is 35.4 Å². The van der Waals surface area contributed by atoms with Gasteiger partial charge in [-0.25, -0.2) is 0 Å². The fourth-order valence-corrected chi connectivity index (χ4v) is 5.85. The number of carbonyl (C=O) groups is 2. The number of Topliss-reactive ketones (excluding diaryl/α,β-unsaturated/α-hetero) is 2. The number of hydrogen-bond donors (Lipinski definition) is 2. The third-order valence-corrected chi connectivity index (χ3v) is 7.47. The zero-order chi connectivity index (χ0) is 24.5. The molecule has 0 spiro atoms. The van der Waals surface area contributed by atoms with E-state index in [-0.39, 0.29) is 47.1 Å². The minimum absolute atomic E-state index is 0.0129. The maximum absolute atomic E-state index is 14.5. The Bertz CT molecular complexity index is 1200. The molecule has 0 bridgehead atoms. The van der Waals surface area contributed by atoms with Gasteiger partial charge in [0.05, 0.1) is 10.8 Å². The minimum Gasteiger partial charge on any atom is -0.454 e. The summed E-state index contributed by atoms with van der Waals surface area (Å²) in [4.78, 5) is 27.0. The van der Waals surface area contributed by atoms with Crippen LogP contribution in [0.25, 0.3) is 0 Å². The van der Waals surface area contributed by atoms with Crippen molar-refractivity contribution in [2.75, 3.05) is 6.79 Å². The van der Waals surface area contributed by atoms with Gasteiger partial charge in [0.2, 0.25) is 12.5 Å². The highest BCUT2D eigenvalue weighted by atomic mass is 32.1. The summed E-state index contributed by atoms with van der Waals surface area (Å²) < 4.78 is 54.3. The molecule has 180 valence electrons. The van der Waals surface area contributed by atoms with Gasteiger partial charge < -0.3 is 19.9 Å². The Morgan fingerprint density at radius 2 is 1.91 bits per heavy atom. The number of carbonyl (C=O) groups excluding carboxylic acids is 2. The predicted octanol–water partition coefficient (Wildman–Crippen LogP) is 4.56. The molecular formula is C24H22F3NO5S. The Morgan fingerprint density at radius 1 is 1.18 bits per heavy atom. The topological polar surface area (TPSA) is 84.9 Å². The normalized spacial score (nSPS) is 27.9. The summed E-state index contributed by atoms with van der Waals surface area (Å²) in [6.07, 6.45) is -4.98. The van der Waals surface area contributed by atoms with Crippen LogP contribution in [0.5, 0.6) is 11.5 Å². The molecule has 34 heavy (non-hydrogen) atoms. The van der Waals surface area contributed by atoms with Crippen molar-refractivity contribution >= 4 is 22.9 Å². The maximum Gasteiger partial charge on any atom is 0.437 e. The molecule has 0 amide bonds. The summed E-state index contributed by atoms with van der Waals surface area (Å²) in [5.74, 6) is -3.90. The average Bonchev–Trinajstić information content (AvgIpc) is 3.42. The molecule has 0 saturated heterocycles. The zero-order valence-electron chi connectivity index (χ0n) is 18.4. The maximum atomic E-state index is 14.5. The molecule has 6 nitrogen and oxygen atoms in total. The second kappa shape index (κ2) is 7.58. The Labute approximate surface area is 197 Å². The van der Waals surface area contributed by atoms with Crippen molar-refractivity contribution in [1.82, 2.24) is 5.32 Å². The third-order valence-electron chi connectivity index (χ3n) is 6.59. The summed E-state index contributed by atoms with van der Waals surface area (Å²) in [6.45, 7) is 3.51. The van der Waals surface area contributed by atoms with E-state index >= 15 is 0 Å². The van der Waals surface area contributed by atoms with Gasteiger partial charge in [-0.2, -0.15) is 13.2 Å². The largest absolute Gasteiger partial charge is 0.454 e. The van der Waals surface area contributed by atoms with Crippen molar-refractivity contribution in [2.24, 2.45) is 11.3 Å². The first kappa shape index (κ1) is 22.9. The van der Waals surface area contributed by atoms with Gasteiger partial charge in [0.1, 0.15) is 0 Å². The number of nitrogens with one attached hydrogen (secondary N) is 1. The number of rotatable bonds is 3. The van der Waals surface area contributed by atoms with Gasteiger partial charge in [0.25, 0.3) is 0 Å². The number of alkyl halides is 3. The second-order valence-corrected chi connectivity index (χ2v) is 10.6. The van der Waals surface area contributed by atoms with Crippen LogP contribution in [0, 0.1) is 11.3 Å². The third kappa shape index (κ3) is 3.51. The molecule has 1 aromatic heterocycles. The van der Waals surface area contributed by atoms with E-state index < -0.39 is 34.9 Å². The molecule has 2 aromatic rings. The summed E-state index contributed by atoms with van der Waals surface area (Å²) in [5, 5.41) is 15.0. The van der Waals surface area contributed by atoms with Crippen molar-refractivity contribution in [1.29, 1.82) is 0 Å². The first-order valence-corrected chi connectivity index (χ1v) is 11.6. The van der Waals surface area contributed by atoms with Gasteiger partial charge >= 0.3 is 6.18 Å². The van der Waals surface area contributed by atoms with Crippen LogP contribution in [0.15, 0.2) is 47.0 Å². The number of halogens is 3. The predicted molar refractivity (Wildman–Crippen MR) is 117 cm³/mol. The van der Waals surface area contributed by atoms with Gasteiger partial charge in [0.15, 0.2) is 23.1 Å². The molecule has 0 saturated carbocycles. The molecule has 3 heterocycles. The molecule has 10 heteroatoms. The SMILES string of the molecule is CC1(C)CC(=O)C2=C(C1)NC(O)(C(F)(F)F)C(C(=O)c1cccs1)C2c1ccc2c(c1)OCO2. The van der Waals surface area contributed by atoms with E-state index in [2.05, 4.69) is 5.32 Å².